The van der Waals surface area contributed by atoms with Gasteiger partial charge in [-0.25, -0.2) is 9.78 Å². The number of rotatable bonds is 15. The van der Waals surface area contributed by atoms with E-state index in [0.717, 1.165) is 31.2 Å². The van der Waals surface area contributed by atoms with Crippen LogP contribution < -0.4 is 15.0 Å². The van der Waals surface area contributed by atoms with Crippen LogP contribution >= 0.6 is 0 Å². The average Bonchev–Trinajstić information content (AvgIpc) is 3.79. The lowest BCUT2D eigenvalue weighted by Crippen LogP contribution is -2.55. The number of methoxy groups -OCH3 is 1. The van der Waals surface area contributed by atoms with Gasteiger partial charge in [0, 0.05) is 63.7 Å². The molecule has 1 aromatic heterocycles. The Morgan fingerprint density at radius 1 is 1.14 bits per heavy atom. The number of carbonyl (C=O) groups excluding carboxylic acids is 3. The molecule has 2 heterocycles. The monoisotopic (exact) mass is 618 g/mol. The lowest BCUT2D eigenvalue weighted by molar-refractivity contribution is -0.131. The van der Waals surface area contributed by atoms with Crippen molar-refractivity contribution in [1.82, 2.24) is 15.2 Å². The summed E-state index contributed by atoms with van der Waals surface area (Å²) in [6.07, 6.45) is 4.76. The zero-order chi connectivity index (χ0) is 32.4. The summed E-state index contributed by atoms with van der Waals surface area (Å²) in [5.41, 5.74) is 0.167. The number of aromatic nitrogens is 1. The Morgan fingerprint density at radius 2 is 1.84 bits per heavy atom. The van der Waals surface area contributed by atoms with E-state index in [-0.39, 0.29) is 37.0 Å². The van der Waals surface area contributed by atoms with Crippen LogP contribution in [0.15, 0.2) is 12.3 Å². The molecule has 3 rings (SSSR count). The van der Waals surface area contributed by atoms with Crippen LogP contribution in [0.4, 0.5) is 10.6 Å². The number of anilines is 1. The van der Waals surface area contributed by atoms with Gasteiger partial charge in [-0.05, 0) is 66.2 Å². The molecule has 1 aromatic rings. The highest BCUT2D eigenvalue weighted by molar-refractivity contribution is 5.96. The van der Waals surface area contributed by atoms with Gasteiger partial charge in [0.25, 0.3) is 0 Å². The first kappa shape index (κ1) is 35.6. The fraction of sp³-hybridized carbons (Fsp3) is 0.758. The molecular formula is C33H54N4O7. The summed E-state index contributed by atoms with van der Waals surface area (Å²) in [6, 6.07) is 1.68. The first-order chi connectivity index (χ1) is 20.8. The molecule has 11 heteroatoms. The van der Waals surface area contributed by atoms with Gasteiger partial charge >= 0.3 is 6.09 Å². The molecule has 2 fully saturated rings. The Balaban J connectivity index is 1.85. The van der Waals surface area contributed by atoms with Crippen LogP contribution in [0.3, 0.4) is 0 Å². The van der Waals surface area contributed by atoms with Crippen molar-refractivity contribution in [2.75, 3.05) is 51.5 Å². The number of aryl methyl sites for hydroxylation is 1. The molecule has 0 radical (unpaired) electrons. The SMILES string of the molecule is CCOCC(CC(C)C)NC(=O)[C@H]1C[C@@H](C(=O)N(c2cc(OCCCOC)c(C)cn2)C2CC2)CN(C(=O)OC(C)(C)C)C1. The van der Waals surface area contributed by atoms with E-state index in [4.69, 9.17) is 18.9 Å². The third kappa shape index (κ3) is 10.9. The second-order valence-electron chi connectivity index (χ2n) is 13.5. The van der Waals surface area contributed by atoms with Crippen molar-refractivity contribution < 1.29 is 33.3 Å². The molecule has 11 nitrogen and oxygen atoms in total. The average molecular weight is 619 g/mol. The second-order valence-corrected chi connectivity index (χ2v) is 13.5. The first-order valence-electron chi connectivity index (χ1n) is 16.1. The summed E-state index contributed by atoms with van der Waals surface area (Å²) in [5.74, 6) is 0.0567. The van der Waals surface area contributed by atoms with Crippen LogP contribution in [0.5, 0.6) is 5.75 Å². The van der Waals surface area contributed by atoms with E-state index >= 15 is 0 Å². The van der Waals surface area contributed by atoms with E-state index in [1.165, 1.54) is 4.90 Å². The van der Waals surface area contributed by atoms with E-state index in [1.807, 2.05) is 19.9 Å². The summed E-state index contributed by atoms with van der Waals surface area (Å²) in [6.45, 7) is 15.9. The minimum atomic E-state index is -0.711. The Morgan fingerprint density at radius 3 is 2.45 bits per heavy atom. The molecule has 3 atom stereocenters. The molecule has 1 saturated carbocycles. The number of likely N-dealkylation sites (tertiary alicyclic amines) is 1. The minimum absolute atomic E-state index is 0.0184. The van der Waals surface area contributed by atoms with Crippen molar-refractivity contribution in [3.05, 3.63) is 17.8 Å². The first-order valence-corrected chi connectivity index (χ1v) is 16.1. The molecule has 3 amide bonds. The summed E-state index contributed by atoms with van der Waals surface area (Å²) < 4.78 is 22.5. The van der Waals surface area contributed by atoms with Gasteiger partial charge < -0.3 is 29.2 Å². The Labute approximate surface area is 263 Å². The maximum absolute atomic E-state index is 14.3. The molecule has 44 heavy (non-hydrogen) atoms. The van der Waals surface area contributed by atoms with Crippen molar-refractivity contribution in [3.8, 4) is 5.75 Å². The van der Waals surface area contributed by atoms with Crippen LogP contribution in [0.1, 0.15) is 79.2 Å². The highest BCUT2D eigenvalue weighted by Gasteiger charge is 2.44. The summed E-state index contributed by atoms with van der Waals surface area (Å²) in [4.78, 5) is 49.1. The second kappa shape index (κ2) is 16.4. The number of hydrogen-bond acceptors (Lipinski definition) is 8. The lowest BCUT2D eigenvalue weighted by atomic mass is 9.87. The standard InChI is InChI=1S/C33H54N4O7/c1-9-42-21-26(15-22(2)3)35-30(38)24-16-25(20-36(19-24)32(40)44-33(5,6)7)31(39)37(27-11-12-27)29-17-28(23(4)18-34-29)43-14-10-13-41-8/h17-18,22,24-27H,9-16,19-21H2,1-8H3,(H,35,38)/t24-,25+,26?/m0/s1. The maximum atomic E-state index is 14.3. The molecular weight excluding hydrogens is 564 g/mol. The Bertz CT molecular complexity index is 1100. The van der Waals surface area contributed by atoms with Crippen molar-refractivity contribution in [3.63, 3.8) is 0 Å². The Hall–Kier alpha value is -2.92. The molecule has 0 bridgehead atoms. The molecule has 0 spiro atoms. The highest BCUT2D eigenvalue weighted by Crippen LogP contribution is 2.36. The topological polar surface area (TPSA) is 120 Å². The van der Waals surface area contributed by atoms with Gasteiger partial charge in [-0.2, -0.15) is 0 Å². The number of amides is 3. The predicted molar refractivity (Wildman–Crippen MR) is 169 cm³/mol. The quantitative estimate of drug-likeness (QED) is 0.280. The zero-order valence-electron chi connectivity index (χ0n) is 28.0. The van der Waals surface area contributed by atoms with E-state index in [2.05, 4.69) is 24.1 Å². The van der Waals surface area contributed by atoms with Gasteiger partial charge in [0.15, 0.2) is 0 Å². The lowest BCUT2D eigenvalue weighted by Gasteiger charge is -2.39. The van der Waals surface area contributed by atoms with Gasteiger partial charge in [-0.1, -0.05) is 13.8 Å². The van der Waals surface area contributed by atoms with Gasteiger partial charge in [0.05, 0.1) is 31.1 Å². The minimum Gasteiger partial charge on any atom is -0.493 e. The van der Waals surface area contributed by atoms with E-state index in [1.54, 1.807) is 39.0 Å². The fourth-order valence-electron chi connectivity index (χ4n) is 5.44. The van der Waals surface area contributed by atoms with Gasteiger partial charge in [-0.3, -0.25) is 14.5 Å². The normalized spacial score (nSPS) is 19.4. The molecule has 1 unspecified atom stereocenters. The summed E-state index contributed by atoms with van der Waals surface area (Å²) in [7, 11) is 1.66. The third-order valence-electron chi connectivity index (χ3n) is 7.63. The van der Waals surface area contributed by atoms with Crippen molar-refractivity contribution in [2.45, 2.75) is 98.3 Å². The number of carbonyl (C=O) groups is 3. The predicted octanol–water partition coefficient (Wildman–Crippen LogP) is 4.74. The molecule has 1 N–H and O–H groups in total. The largest absolute Gasteiger partial charge is 0.493 e. The Kier molecular flexibility index (Phi) is 13.3. The zero-order valence-corrected chi connectivity index (χ0v) is 28.0. The number of nitrogens with zero attached hydrogens (tertiary/aromatic N) is 3. The van der Waals surface area contributed by atoms with Gasteiger partial charge in [-0.15, -0.1) is 0 Å². The van der Waals surface area contributed by atoms with Crippen LogP contribution in [-0.2, 0) is 23.8 Å². The summed E-state index contributed by atoms with van der Waals surface area (Å²) in [5, 5.41) is 3.15. The number of piperidine rings is 1. The summed E-state index contributed by atoms with van der Waals surface area (Å²) >= 11 is 0. The molecule has 2 aliphatic rings. The van der Waals surface area contributed by atoms with E-state index in [9.17, 15) is 14.4 Å². The highest BCUT2D eigenvalue weighted by atomic mass is 16.6. The smallest absolute Gasteiger partial charge is 0.410 e. The number of pyridine rings is 1. The maximum Gasteiger partial charge on any atom is 0.410 e. The van der Waals surface area contributed by atoms with E-state index in [0.29, 0.717) is 50.3 Å². The van der Waals surface area contributed by atoms with Crippen LogP contribution in [0.2, 0.25) is 0 Å². The molecule has 1 aliphatic heterocycles. The van der Waals surface area contributed by atoms with E-state index < -0.39 is 23.5 Å². The number of nitrogens with one attached hydrogen (secondary N) is 1. The van der Waals surface area contributed by atoms with Gasteiger partial charge in [0.1, 0.15) is 17.2 Å². The van der Waals surface area contributed by atoms with Crippen molar-refractivity contribution in [1.29, 1.82) is 0 Å². The van der Waals surface area contributed by atoms with Crippen LogP contribution in [0, 0.1) is 24.7 Å². The van der Waals surface area contributed by atoms with Crippen molar-refractivity contribution in [2.24, 2.45) is 17.8 Å². The number of ether oxygens (including phenoxy) is 4. The van der Waals surface area contributed by atoms with Crippen LogP contribution in [-0.4, -0.2) is 92.1 Å². The number of hydrogen-bond donors (Lipinski definition) is 1. The van der Waals surface area contributed by atoms with Gasteiger partial charge in [0.2, 0.25) is 11.8 Å². The third-order valence-corrected chi connectivity index (χ3v) is 7.63. The molecule has 1 aliphatic carbocycles. The molecule has 0 aromatic carbocycles. The van der Waals surface area contributed by atoms with Crippen molar-refractivity contribution >= 4 is 23.7 Å². The molecule has 248 valence electrons. The fourth-order valence-corrected chi connectivity index (χ4v) is 5.44. The molecule has 1 saturated heterocycles. The van der Waals surface area contributed by atoms with Crippen LogP contribution in [0.25, 0.3) is 0 Å².